The van der Waals surface area contributed by atoms with Gasteiger partial charge in [-0.05, 0) is 54.7 Å². The minimum absolute atomic E-state index is 0.0560. The Bertz CT molecular complexity index is 1580. The van der Waals surface area contributed by atoms with E-state index < -0.39 is 43.0 Å². The second-order valence-electron chi connectivity index (χ2n) is 10.6. The highest BCUT2D eigenvalue weighted by Gasteiger charge is 2.42. The number of halogens is 4. The van der Waals surface area contributed by atoms with Crippen LogP contribution in [0.3, 0.4) is 0 Å². The number of phosphoric acid groups is 1. The fourth-order valence-electron chi connectivity index (χ4n) is 5.31. The molecule has 43 heavy (non-hydrogen) atoms. The molecule has 2 heterocycles. The summed E-state index contributed by atoms with van der Waals surface area (Å²) in [6, 6.07) is 8.20. The van der Waals surface area contributed by atoms with Gasteiger partial charge in [-0.1, -0.05) is 29.8 Å². The smallest absolute Gasteiger partial charge is 0.469 e. The van der Waals surface area contributed by atoms with Crippen molar-refractivity contribution < 1.29 is 45.2 Å². The van der Waals surface area contributed by atoms with Crippen molar-refractivity contribution in [3.8, 4) is 0 Å². The zero-order valence-electron chi connectivity index (χ0n) is 22.7. The Balaban J connectivity index is 1.32. The van der Waals surface area contributed by atoms with Gasteiger partial charge in [0.15, 0.2) is 9.84 Å². The first-order chi connectivity index (χ1) is 20.2. The standard InChI is InChI=1S/C27H30ClF3N3O7PS/c28-18-14-22-24-21(17-3-1-4-20(13-17)43(38,39)19-5-6-19)7-8-23(25(24)33-26(22)32-15-18)40-11-2-9-34(16-27(29,30)31)10-12-41-42(35,36)37/h1,3-4,7-8,13-15,19,24-25H,2,5-6,9-12,16H2,(H,32,33)(H2,35,36,37). The predicted octanol–water partition coefficient (Wildman–Crippen LogP) is 4.91. The van der Waals surface area contributed by atoms with E-state index in [1.165, 1.54) is 6.20 Å². The van der Waals surface area contributed by atoms with Crippen molar-refractivity contribution in [2.45, 2.75) is 47.5 Å². The molecule has 0 spiro atoms. The van der Waals surface area contributed by atoms with Crippen LogP contribution in [0.15, 0.2) is 59.3 Å². The molecule has 10 nitrogen and oxygen atoms in total. The molecule has 2 aliphatic carbocycles. The molecule has 0 amide bonds. The molecule has 0 radical (unpaired) electrons. The third-order valence-electron chi connectivity index (χ3n) is 7.33. The summed E-state index contributed by atoms with van der Waals surface area (Å²) < 4.78 is 86.2. The van der Waals surface area contributed by atoms with Crippen molar-refractivity contribution in [1.82, 2.24) is 9.88 Å². The zero-order valence-corrected chi connectivity index (χ0v) is 25.2. The van der Waals surface area contributed by atoms with Crippen molar-refractivity contribution in [1.29, 1.82) is 0 Å². The van der Waals surface area contributed by atoms with Crippen molar-refractivity contribution in [3.63, 3.8) is 0 Å². The normalized spacial score (nSPS) is 20.3. The van der Waals surface area contributed by atoms with Gasteiger partial charge in [0.05, 0.1) is 41.0 Å². The molecule has 1 aromatic carbocycles. The van der Waals surface area contributed by atoms with E-state index in [0.717, 1.165) is 21.6 Å². The van der Waals surface area contributed by atoms with Crippen LogP contribution in [0.2, 0.25) is 5.02 Å². The number of anilines is 1. The Morgan fingerprint density at radius 1 is 1.14 bits per heavy atom. The maximum absolute atomic E-state index is 13.0. The van der Waals surface area contributed by atoms with Crippen LogP contribution in [-0.2, 0) is 23.7 Å². The Labute approximate surface area is 251 Å². The molecule has 3 N–H and O–H groups in total. The van der Waals surface area contributed by atoms with Crippen molar-refractivity contribution in [3.05, 3.63) is 70.6 Å². The van der Waals surface area contributed by atoms with Crippen LogP contribution < -0.4 is 5.32 Å². The number of alkyl halides is 3. The number of fused-ring (bicyclic) bond motifs is 3. The summed E-state index contributed by atoms with van der Waals surface area (Å²) in [6.45, 7) is -2.16. The molecule has 2 unspecified atom stereocenters. The average Bonchev–Trinajstić information content (AvgIpc) is 3.72. The Hall–Kier alpha value is -2.45. The molecule has 234 valence electrons. The topological polar surface area (TPSA) is 138 Å². The number of pyridine rings is 1. The van der Waals surface area contributed by atoms with Gasteiger partial charge >= 0.3 is 14.0 Å². The van der Waals surface area contributed by atoms with Crippen molar-refractivity contribution in [2.24, 2.45) is 0 Å². The Morgan fingerprint density at radius 2 is 1.91 bits per heavy atom. The summed E-state index contributed by atoms with van der Waals surface area (Å²) in [7, 11) is -8.21. The maximum atomic E-state index is 13.0. The molecule has 1 aliphatic heterocycles. The van der Waals surface area contributed by atoms with Crippen LogP contribution in [0.25, 0.3) is 5.57 Å². The molecular formula is C27H30ClF3N3O7PS. The first-order valence-corrected chi connectivity index (χ1v) is 17.0. The highest BCUT2D eigenvalue weighted by Crippen LogP contribution is 2.49. The van der Waals surface area contributed by atoms with Gasteiger partial charge in [0.2, 0.25) is 0 Å². The average molecular weight is 664 g/mol. The molecule has 16 heteroatoms. The van der Waals surface area contributed by atoms with Crippen LogP contribution in [0, 0.1) is 0 Å². The third kappa shape index (κ3) is 7.99. The summed E-state index contributed by atoms with van der Waals surface area (Å²) in [5.74, 6) is 0.785. The number of nitrogens with zero attached hydrogens (tertiary/aromatic N) is 2. The second kappa shape index (κ2) is 12.5. The van der Waals surface area contributed by atoms with Gasteiger partial charge in [-0.15, -0.1) is 0 Å². The molecule has 2 atom stereocenters. The maximum Gasteiger partial charge on any atom is 0.469 e. The van der Waals surface area contributed by atoms with E-state index in [1.807, 2.05) is 12.1 Å². The van der Waals surface area contributed by atoms with E-state index in [9.17, 15) is 26.2 Å². The van der Waals surface area contributed by atoms with E-state index in [1.54, 1.807) is 30.3 Å². The number of allylic oxidation sites excluding steroid dienone is 2. The summed E-state index contributed by atoms with van der Waals surface area (Å²) in [5, 5.41) is 3.41. The van der Waals surface area contributed by atoms with Crippen molar-refractivity contribution >= 4 is 40.7 Å². The van der Waals surface area contributed by atoms with Gasteiger partial charge in [-0.25, -0.2) is 18.0 Å². The molecule has 1 aromatic heterocycles. The molecule has 2 aromatic rings. The SMILES string of the molecule is O=P(O)(O)OCCN(CCCOC1=CC=C(c2cccc(S(=O)(=O)C3CC3)c2)C2c3cc(Cl)cnc3NC12)CC(F)(F)F. The van der Waals surface area contributed by atoms with Crippen LogP contribution in [-0.4, -0.2) is 78.4 Å². The fourth-order valence-corrected chi connectivity index (χ4v) is 7.50. The molecule has 3 aliphatic rings. The van der Waals surface area contributed by atoms with Gasteiger partial charge in [0.25, 0.3) is 0 Å². The minimum atomic E-state index is -4.80. The van der Waals surface area contributed by atoms with Crippen LogP contribution in [0.5, 0.6) is 0 Å². The van der Waals surface area contributed by atoms with E-state index >= 15 is 0 Å². The Kier molecular flexibility index (Phi) is 9.30. The summed E-state index contributed by atoms with van der Waals surface area (Å²) in [4.78, 5) is 23.3. The fraction of sp³-hybridized carbons (Fsp3) is 0.444. The van der Waals surface area contributed by atoms with Gasteiger partial charge < -0.3 is 19.8 Å². The van der Waals surface area contributed by atoms with Crippen LogP contribution >= 0.6 is 19.4 Å². The number of rotatable bonds is 13. The molecule has 5 rings (SSSR count). The van der Waals surface area contributed by atoms with E-state index in [-0.39, 0.29) is 42.2 Å². The van der Waals surface area contributed by atoms with Gasteiger partial charge in [-0.3, -0.25) is 9.42 Å². The highest BCUT2D eigenvalue weighted by atomic mass is 35.5. The van der Waals surface area contributed by atoms with E-state index in [0.29, 0.717) is 29.4 Å². The van der Waals surface area contributed by atoms with Gasteiger partial charge in [-0.2, -0.15) is 13.2 Å². The van der Waals surface area contributed by atoms with Crippen LogP contribution in [0.1, 0.15) is 36.3 Å². The lowest BCUT2D eigenvalue weighted by Gasteiger charge is -2.29. The first-order valence-electron chi connectivity index (χ1n) is 13.5. The van der Waals surface area contributed by atoms with Crippen molar-refractivity contribution in [2.75, 3.05) is 38.2 Å². The molecule has 0 saturated heterocycles. The molecule has 1 saturated carbocycles. The Morgan fingerprint density at radius 3 is 2.60 bits per heavy atom. The van der Waals surface area contributed by atoms with Gasteiger partial charge in [0, 0.05) is 30.8 Å². The van der Waals surface area contributed by atoms with Gasteiger partial charge in [0.1, 0.15) is 11.6 Å². The number of sulfone groups is 1. The number of ether oxygens (including phenoxy) is 1. The zero-order chi connectivity index (χ0) is 31.0. The minimum Gasteiger partial charge on any atom is -0.496 e. The largest absolute Gasteiger partial charge is 0.496 e. The lowest BCUT2D eigenvalue weighted by atomic mass is 9.80. The predicted molar refractivity (Wildman–Crippen MR) is 153 cm³/mol. The number of phosphoric ester groups is 1. The summed E-state index contributed by atoms with van der Waals surface area (Å²) in [6.07, 6.45) is 2.08. The van der Waals surface area contributed by atoms with Crippen LogP contribution in [0.4, 0.5) is 19.0 Å². The summed E-state index contributed by atoms with van der Waals surface area (Å²) in [5.41, 5.74) is 2.36. The lowest BCUT2D eigenvalue weighted by molar-refractivity contribution is -0.147. The van der Waals surface area contributed by atoms with E-state index in [2.05, 4.69) is 14.8 Å². The second-order valence-corrected chi connectivity index (χ2v) is 14.5. The quantitative estimate of drug-likeness (QED) is 0.200. The number of nitrogens with one attached hydrogen (secondary N) is 1. The number of hydrogen-bond acceptors (Lipinski definition) is 8. The number of hydrogen-bond donors (Lipinski definition) is 3. The molecular weight excluding hydrogens is 634 g/mol. The number of aromatic nitrogens is 1. The summed E-state index contributed by atoms with van der Waals surface area (Å²) >= 11 is 6.28. The van der Waals surface area contributed by atoms with E-state index in [4.69, 9.17) is 26.1 Å². The molecule has 0 bridgehead atoms. The third-order valence-corrected chi connectivity index (χ3v) is 10.3. The highest BCUT2D eigenvalue weighted by molar-refractivity contribution is 7.92. The number of benzene rings is 1. The monoisotopic (exact) mass is 663 g/mol. The molecule has 1 fully saturated rings. The first kappa shape index (κ1) is 32.0. The lowest BCUT2D eigenvalue weighted by Crippen LogP contribution is -2.37.